The molecule has 2 N–H and O–H groups in total. The SMILES string of the molecule is Cc1[nH]c2ccc(C(=O)N3CC[C@@]4(C(=O)O)CCCN(C)[C@@H]4C3)cc2c1C. The molecule has 2 aromatic rings. The number of carboxylic acids is 1. The van der Waals surface area contributed by atoms with Gasteiger partial charge in [0, 0.05) is 41.3 Å². The van der Waals surface area contributed by atoms with Crippen LogP contribution in [-0.4, -0.2) is 64.5 Å². The van der Waals surface area contributed by atoms with Crippen LogP contribution in [0, 0.1) is 19.3 Å². The molecule has 2 atom stereocenters. The van der Waals surface area contributed by atoms with Crippen molar-refractivity contribution in [3.05, 3.63) is 35.0 Å². The number of aromatic amines is 1. The second kappa shape index (κ2) is 6.37. The van der Waals surface area contributed by atoms with E-state index in [4.69, 9.17) is 0 Å². The molecule has 0 unspecified atom stereocenters. The third kappa shape index (κ3) is 2.74. The number of fused-ring (bicyclic) bond motifs is 2. The van der Waals surface area contributed by atoms with Crippen molar-refractivity contribution in [1.82, 2.24) is 14.8 Å². The zero-order chi connectivity index (χ0) is 19.3. The lowest BCUT2D eigenvalue weighted by Crippen LogP contribution is -2.63. The highest BCUT2D eigenvalue weighted by Gasteiger charge is 2.52. The lowest BCUT2D eigenvalue weighted by atomic mass is 9.68. The van der Waals surface area contributed by atoms with E-state index in [0.717, 1.165) is 35.1 Å². The van der Waals surface area contributed by atoms with E-state index in [1.807, 2.05) is 37.1 Å². The molecule has 1 aromatic heterocycles. The number of hydrogen-bond acceptors (Lipinski definition) is 3. The predicted molar refractivity (Wildman–Crippen MR) is 104 cm³/mol. The van der Waals surface area contributed by atoms with Crippen LogP contribution in [-0.2, 0) is 4.79 Å². The van der Waals surface area contributed by atoms with E-state index in [2.05, 4.69) is 16.8 Å². The number of nitrogens with one attached hydrogen (secondary N) is 1. The Morgan fingerprint density at radius 2 is 2.00 bits per heavy atom. The number of aryl methyl sites for hydroxylation is 2. The molecule has 0 spiro atoms. The minimum Gasteiger partial charge on any atom is -0.481 e. The Labute approximate surface area is 159 Å². The van der Waals surface area contributed by atoms with Crippen LogP contribution in [0.25, 0.3) is 10.9 Å². The molecular weight excluding hydrogens is 342 g/mol. The van der Waals surface area contributed by atoms with Gasteiger partial charge in [0.05, 0.1) is 5.41 Å². The van der Waals surface area contributed by atoms with E-state index < -0.39 is 11.4 Å². The van der Waals surface area contributed by atoms with Gasteiger partial charge in [0.2, 0.25) is 0 Å². The van der Waals surface area contributed by atoms with E-state index >= 15 is 0 Å². The van der Waals surface area contributed by atoms with Gasteiger partial charge in [-0.1, -0.05) is 0 Å². The summed E-state index contributed by atoms with van der Waals surface area (Å²) in [7, 11) is 1.98. The first-order chi connectivity index (χ1) is 12.8. The number of hydrogen-bond donors (Lipinski definition) is 2. The minimum atomic E-state index is -0.720. The zero-order valence-electron chi connectivity index (χ0n) is 16.2. The Balaban J connectivity index is 1.62. The van der Waals surface area contributed by atoms with Crippen LogP contribution in [0.15, 0.2) is 18.2 Å². The smallest absolute Gasteiger partial charge is 0.311 e. The number of likely N-dealkylation sites (tertiary alicyclic amines) is 2. The number of carboxylic acid groups (broad SMARTS) is 1. The minimum absolute atomic E-state index is 0.00637. The maximum atomic E-state index is 13.2. The van der Waals surface area contributed by atoms with Crippen LogP contribution in [0.1, 0.15) is 40.9 Å². The molecule has 4 rings (SSSR count). The van der Waals surface area contributed by atoms with Crippen LogP contribution < -0.4 is 0 Å². The summed E-state index contributed by atoms with van der Waals surface area (Å²) in [5, 5.41) is 11.0. The van der Waals surface area contributed by atoms with Crippen LogP contribution in [0.3, 0.4) is 0 Å². The van der Waals surface area contributed by atoms with E-state index in [1.54, 1.807) is 0 Å². The molecule has 0 radical (unpaired) electrons. The first kappa shape index (κ1) is 18.0. The monoisotopic (exact) mass is 369 g/mol. The second-order valence-corrected chi connectivity index (χ2v) is 8.20. The van der Waals surface area contributed by atoms with Gasteiger partial charge in [-0.3, -0.25) is 9.59 Å². The molecule has 2 fully saturated rings. The van der Waals surface area contributed by atoms with Crippen molar-refractivity contribution in [1.29, 1.82) is 0 Å². The first-order valence-corrected chi connectivity index (χ1v) is 9.65. The van der Waals surface area contributed by atoms with Crippen molar-refractivity contribution < 1.29 is 14.7 Å². The highest BCUT2D eigenvalue weighted by atomic mass is 16.4. The first-order valence-electron chi connectivity index (χ1n) is 9.65. The Morgan fingerprint density at radius 1 is 1.22 bits per heavy atom. The van der Waals surface area contributed by atoms with Crippen molar-refractivity contribution in [2.45, 2.75) is 39.2 Å². The molecule has 0 saturated carbocycles. The molecule has 27 heavy (non-hydrogen) atoms. The number of aliphatic carboxylic acids is 1. The molecule has 1 amide bonds. The molecule has 0 aliphatic carbocycles. The maximum absolute atomic E-state index is 13.2. The number of carbonyl (C=O) groups is 2. The molecular formula is C21H27N3O3. The number of piperidine rings is 2. The number of rotatable bonds is 2. The average molecular weight is 369 g/mol. The Hall–Kier alpha value is -2.34. The third-order valence-electron chi connectivity index (χ3n) is 6.79. The Kier molecular flexibility index (Phi) is 4.26. The van der Waals surface area contributed by atoms with Crippen LogP contribution in [0.5, 0.6) is 0 Å². The third-order valence-corrected chi connectivity index (χ3v) is 6.79. The average Bonchev–Trinajstić information content (AvgIpc) is 2.94. The largest absolute Gasteiger partial charge is 0.481 e. The number of amides is 1. The standard InChI is InChI=1S/C21H27N3O3/c1-13-14(2)22-17-6-5-15(11-16(13)17)19(25)24-10-8-21(20(26)27)7-4-9-23(3)18(21)12-24/h5-6,11,18,22H,4,7-10,12H2,1-3H3,(H,26,27)/t18-,21+/m1/s1. The Bertz CT molecular complexity index is 919. The molecule has 144 valence electrons. The summed E-state index contributed by atoms with van der Waals surface area (Å²) in [6.07, 6.45) is 2.12. The summed E-state index contributed by atoms with van der Waals surface area (Å²) < 4.78 is 0. The number of likely N-dealkylation sites (N-methyl/N-ethyl adjacent to an activating group) is 1. The summed E-state index contributed by atoms with van der Waals surface area (Å²) in [5.74, 6) is -0.723. The van der Waals surface area contributed by atoms with E-state index in [-0.39, 0.29) is 11.9 Å². The molecule has 2 aliphatic rings. The molecule has 2 saturated heterocycles. The number of benzene rings is 1. The number of carbonyl (C=O) groups excluding carboxylic acids is 1. The van der Waals surface area contributed by atoms with Gasteiger partial charge in [-0.15, -0.1) is 0 Å². The fraction of sp³-hybridized carbons (Fsp3) is 0.524. The summed E-state index contributed by atoms with van der Waals surface area (Å²) >= 11 is 0. The number of aromatic nitrogens is 1. The Morgan fingerprint density at radius 3 is 2.74 bits per heavy atom. The summed E-state index contributed by atoms with van der Waals surface area (Å²) in [6.45, 7) is 5.95. The maximum Gasteiger partial charge on any atom is 0.311 e. The normalized spacial score (nSPS) is 26.2. The molecule has 0 bridgehead atoms. The molecule has 2 aliphatic heterocycles. The molecule has 1 aromatic carbocycles. The van der Waals surface area contributed by atoms with Crippen molar-refractivity contribution in [3.63, 3.8) is 0 Å². The zero-order valence-corrected chi connectivity index (χ0v) is 16.2. The quantitative estimate of drug-likeness (QED) is 0.853. The lowest BCUT2D eigenvalue weighted by molar-refractivity contribution is -0.161. The van der Waals surface area contributed by atoms with Crippen molar-refractivity contribution >= 4 is 22.8 Å². The molecule has 3 heterocycles. The van der Waals surface area contributed by atoms with Crippen LogP contribution in [0.2, 0.25) is 0 Å². The molecule has 6 nitrogen and oxygen atoms in total. The van der Waals surface area contributed by atoms with Crippen molar-refractivity contribution in [3.8, 4) is 0 Å². The van der Waals surface area contributed by atoms with Gasteiger partial charge in [0.25, 0.3) is 5.91 Å². The molecule has 6 heteroatoms. The van der Waals surface area contributed by atoms with Gasteiger partial charge in [-0.2, -0.15) is 0 Å². The predicted octanol–water partition coefficient (Wildman–Crippen LogP) is 2.80. The van der Waals surface area contributed by atoms with Gasteiger partial charge in [0.1, 0.15) is 0 Å². The van der Waals surface area contributed by atoms with Gasteiger partial charge >= 0.3 is 5.97 Å². The fourth-order valence-electron chi connectivity index (χ4n) is 4.95. The van der Waals surface area contributed by atoms with E-state index in [0.29, 0.717) is 31.5 Å². The van der Waals surface area contributed by atoms with Crippen molar-refractivity contribution in [2.24, 2.45) is 5.41 Å². The van der Waals surface area contributed by atoms with E-state index in [1.165, 1.54) is 0 Å². The number of H-pyrrole nitrogens is 1. The van der Waals surface area contributed by atoms with Crippen LogP contribution in [0.4, 0.5) is 0 Å². The topological polar surface area (TPSA) is 76.6 Å². The van der Waals surface area contributed by atoms with Gasteiger partial charge < -0.3 is 19.9 Å². The van der Waals surface area contributed by atoms with E-state index in [9.17, 15) is 14.7 Å². The highest BCUT2D eigenvalue weighted by Crippen LogP contribution is 2.42. The van der Waals surface area contributed by atoms with Gasteiger partial charge in [-0.05, 0) is 70.5 Å². The summed E-state index contributed by atoms with van der Waals surface area (Å²) in [6, 6.07) is 5.66. The van der Waals surface area contributed by atoms with Gasteiger partial charge in [0.15, 0.2) is 0 Å². The summed E-state index contributed by atoms with van der Waals surface area (Å²) in [4.78, 5) is 32.5. The highest BCUT2D eigenvalue weighted by molar-refractivity contribution is 5.99. The second-order valence-electron chi connectivity index (χ2n) is 8.20. The van der Waals surface area contributed by atoms with Crippen LogP contribution >= 0.6 is 0 Å². The van der Waals surface area contributed by atoms with Crippen molar-refractivity contribution in [2.75, 3.05) is 26.7 Å². The van der Waals surface area contributed by atoms with Gasteiger partial charge in [-0.25, -0.2) is 0 Å². The summed E-state index contributed by atoms with van der Waals surface area (Å²) in [5.41, 5.74) is 3.27. The fourth-order valence-corrected chi connectivity index (χ4v) is 4.95. The number of nitrogens with zero attached hydrogens (tertiary/aromatic N) is 2. The lowest BCUT2D eigenvalue weighted by Gasteiger charge is -2.51.